The summed E-state index contributed by atoms with van der Waals surface area (Å²) in [6.07, 6.45) is 3.63. The van der Waals surface area contributed by atoms with Gasteiger partial charge in [-0.3, -0.25) is 10.1 Å². The molecule has 4 rings (SSSR count). The van der Waals surface area contributed by atoms with Gasteiger partial charge in [0.1, 0.15) is 5.56 Å². The molecular formula is C20H16N6O5. The molecule has 11 heteroatoms. The molecular weight excluding hydrogens is 404 g/mol. The van der Waals surface area contributed by atoms with Crippen LogP contribution in [0.3, 0.4) is 0 Å². The van der Waals surface area contributed by atoms with Crippen molar-refractivity contribution in [3.63, 3.8) is 0 Å². The summed E-state index contributed by atoms with van der Waals surface area (Å²) in [6.45, 7) is 1.68. The Labute approximate surface area is 175 Å². The van der Waals surface area contributed by atoms with E-state index in [4.69, 9.17) is 9.15 Å². The van der Waals surface area contributed by atoms with E-state index in [9.17, 15) is 14.9 Å². The van der Waals surface area contributed by atoms with Gasteiger partial charge in [-0.05, 0) is 30.7 Å². The van der Waals surface area contributed by atoms with E-state index in [1.165, 1.54) is 30.5 Å². The number of carbonyl (C=O) groups is 1. The summed E-state index contributed by atoms with van der Waals surface area (Å²) in [4.78, 5) is 27.1. The van der Waals surface area contributed by atoms with E-state index in [-0.39, 0.29) is 24.1 Å². The van der Waals surface area contributed by atoms with Crippen LogP contribution in [0.2, 0.25) is 0 Å². The number of esters is 1. The summed E-state index contributed by atoms with van der Waals surface area (Å²) in [7, 11) is 0. The van der Waals surface area contributed by atoms with Crippen molar-refractivity contribution >= 4 is 11.7 Å². The predicted molar refractivity (Wildman–Crippen MR) is 106 cm³/mol. The summed E-state index contributed by atoms with van der Waals surface area (Å²) in [6, 6.07) is 11.1. The van der Waals surface area contributed by atoms with Crippen LogP contribution in [-0.4, -0.2) is 35.9 Å². The third kappa shape index (κ3) is 4.15. The smallest absolute Gasteiger partial charge is 0.342 e. The van der Waals surface area contributed by atoms with Crippen LogP contribution < -0.4 is 0 Å². The minimum Gasteiger partial charge on any atom is -0.452 e. The molecule has 0 atom stereocenters. The Morgan fingerprint density at radius 1 is 1.19 bits per heavy atom. The first-order valence-corrected chi connectivity index (χ1v) is 9.29. The van der Waals surface area contributed by atoms with Crippen molar-refractivity contribution in [2.75, 3.05) is 0 Å². The summed E-state index contributed by atoms with van der Waals surface area (Å²) < 4.78 is 12.4. The summed E-state index contributed by atoms with van der Waals surface area (Å²) in [5.41, 5.74) is 1.46. The van der Waals surface area contributed by atoms with Crippen LogP contribution in [0.15, 0.2) is 59.3 Å². The number of hydrogen-bond donors (Lipinski definition) is 0. The molecule has 0 aliphatic rings. The highest BCUT2D eigenvalue weighted by Crippen LogP contribution is 2.22. The first kappa shape index (κ1) is 19.9. The maximum absolute atomic E-state index is 12.6. The molecule has 0 aliphatic carbocycles. The third-order valence-electron chi connectivity index (χ3n) is 4.41. The molecule has 1 aromatic carbocycles. The van der Waals surface area contributed by atoms with Crippen LogP contribution >= 0.6 is 0 Å². The zero-order chi connectivity index (χ0) is 21.8. The van der Waals surface area contributed by atoms with Crippen molar-refractivity contribution in [2.45, 2.75) is 20.0 Å². The maximum atomic E-state index is 12.6. The van der Waals surface area contributed by atoms with Gasteiger partial charge in [-0.15, -0.1) is 10.2 Å². The average molecular weight is 420 g/mol. The molecule has 0 bridgehead atoms. The number of pyridine rings is 1. The molecule has 0 amide bonds. The Hall–Kier alpha value is -4.41. The highest BCUT2D eigenvalue weighted by atomic mass is 16.6. The molecule has 0 aliphatic heterocycles. The van der Waals surface area contributed by atoms with Crippen LogP contribution in [0.1, 0.15) is 28.9 Å². The fourth-order valence-electron chi connectivity index (χ4n) is 2.92. The molecule has 11 nitrogen and oxygen atoms in total. The average Bonchev–Trinajstić information content (AvgIpc) is 3.45. The van der Waals surface area contributed by atoms with Gasteiger partial charge in [0.15, 0.2) is 12.4 Å². The molecule has 0 unspecified atom stereocenters. The van der Waals surface area contributed by atoms with Crippen molar-refractivity contribution in [3.8, 4) is 17.3 Å². The van der Waals surface area contributed by atoms with Gasteiger partial charge in [-0.2, -0.15) is 5.10 Å². The van der Waals surface area contributed by atoms with Crippen molar-refractivity contribution < 1.29 is 18.9 Å². The molecule has 0 radical (unpaired) electrons. The number of nitro benzene ring substituents is 1. The largest absolute Gasteiger partial charge is 0.452 e. The second kappa shape index (κ2) is 8.53. The highest BCUT2D eigenvalue weighted by Gasteiger charge is 2.20. The summed E-state index contributed by atoms with van der Waals surface area (Å²) >= 11 is 0. The van der Waals surface area contributed by atoms with Gasteiger partial charge >= 0.3 is 5.97 Å². The Balaban J connectivity index is 1.45. The minimum absolute atomic E-state index is 0.0459. The van der Waals surface area contributed by atoms with Gasteiger partial charge < -0.3 is 9.15 Å². The molecule has 0 fully saturated rings. The number of aromatic nitrogens is 5. The number of benzene rings is 1. The second-order valence-electron chi connectivity index (χ2n) is 6.34. The van der Waals surface area contributed by atoms with Gasteiger partial charge in [0, 0.05) is 23.9 Å². The van der Waals surface area contributed by atoms with E-state index < -0.39 is 10.9 Å². The molecule has 3 heterocycles. The zero-order valence-corrected chi connectivity index (χ0v) is 16.3. The van der Waals surface area contributed by atoms with Gasteiger partial charge in [0.25, 0.3) is 11.6 Å². The van der Waals surface area contributed by atoms with Crippen LogP contribution in [0.5, 0.6) is 0 Å². The molecule has 0 saturated heterocycles. The second-order valence-corrected chi connectivity index (χ2v) is 6.34. The third-order valence-corrected chi connectivity index (χ3v) is 4.41. The van der Waals surface area contributed by atoms with Crippen LogP contribution in [0, 0.1) is 10.1 Å². The first-order valence-electron chi connectivity index (χ1n) is 9.29. The topological polar surface area (TPSA) is 139 Å². The van der Waals surface area contributed by atoms with E-state index in [0.29, 0.717) is 29.1 Å². The Morgan fingerprint density at radius 2 is 2.00 bits per heavy atom. The van der Waals surface area contributed by atoms with Gasteiger partial charge in [-0.25, -0.2) is 14.5 Å². The normalized spacial score (nSPS) is 10.7. The van der Waals surface area contributed by atoms with Crippen LogP contribution in [0.4, 0.5) is 5.69 Å². The standard InChI is InChI=1S/C20H16N6O5/c1-2-16-15(11-22-25(16)17-5-3-4-10-21-17)20(27)30-12-18-23-24-19(31-18)13-6-8-14(9-7-13)26(28)29/h3-11H,2,12H2,1H3. The zero-order valence-electron chi connectivity index (χ0n) is 16.3. The number of ether oxygens (including phenoxy) is 1. The lowest BCUT2D eigenvalue weighted by Gasteiger charge is -2.06. The summed E-state index contributed by atoms with van der Waals surface area (Å²) in [5.74, 6) is 0.284. The SMILES string of the molecule is CCc1c(C(=O)OCc2nnc(-c3ccc([N+](=O)[O-])cc3)o2)cnn1-c1ccccn1. The lowest BCUT2D eigenvalue weighted by molar-refractivity contribution is -0.384. The predicted octanol–water partition coefficient (Wildman–Crippen LogP) is 3.14. The van der Waals surface area contributed by atoms with E-state index in [1.54, 1.807) is 23.0 Å². The van der Waals surface area contributed by atoms with E-state index >= 15 is 0 Å². The monoisotopic (exact) mass is 420 g/mol. The minimum atomic E-state index is -0.575. The van der Waals surface area contributed by atoms with E-state index in [1.807, 2.05) is 13.0 Å². The van der Waals surface area contributed by atoms with Crippen LogP contribution in [-0.2, 0) is 17.8 Å². The first-order chi connectivity index (χ1) is 15.1. The lowest BCUT2D eigenvalue weighted by atomic mass is 10.2. The molecule has 0 spiro atoms. The Bertz CT molecular complexity index is 1220. The number of nitro groups is 1. The van der Waals surface area contributed by atoms with Gasteiger partial charge in [0.2, 0.25) is 5.89 Å². The Kier molecular flexibility index (Phi) is 5.47. The Morgan fingerprint density at radius 3 is 2.68 bits per heavy atom. The molecule has 156 valence electrons. The molecule has 31 heavy (non-hydrogen) atoms. The number of non-ortho nitro benzene ring substituents is 1. The molecule has 4 aromatic rings. The molecule has 0 N–H and O–H groups in total. The number of hydrogen-bond acceptors (Lipinski definition) is 9. The van der Waals surface area contributed by atoms with Gasteiger partial charge in [0.05, 0.1) is 16.8 Å². The molecule has 0 saturated carbocycles. The fourth-order valence-corrected chi connectivity index (χ4v) is 2.92. The fraction of sp³-hybridized carbons (Fsp3) is 0.150. The maximum Gasteiger partial charge on any atom is 0.342 e. The quantitative estimate of drug-likeness (QED) is 0.250. The summed E-state index contributed by atoms with van der Waals surface area (Å²) in [5, 5.41) is 22.7. The lowest BCUT2D eigenvalue weighted by Crippen LogP contribution is -2.10. The van der Waals surface area contributed by atoms with Crippen molar-refractivity contribution in [1.29, 1.82) is 0 Å². The number of nitrogens with zero attached hydrogens (tertiary/aromatic N) is 6. The van der Waals surface area contributed by atoms with Crippen LogP contribution in [0.25, 0.3) is 17.3 Å². The number of carbonyl (C=O) groups excluding carboxylic acids is 1. The van der Waals surface area contributed by atoms with Crippen molar-refractivity contribution in [2.24, 2.45) is 0 Å². The number of rotatable bonds is 7. The molecule has 3 aromatic heterocycles. The van der Waals surface area contributed by atoms with Gasteiger partial charge in [-0.1, -0.05) is 13.0 Å². The highest BCUT2D eigenvalue weighted by molar-refractivity contribution is 5.90. The van der Waals surface area contributed by atoms with Crippen molar-refractivity contribution in [1.82, 2.24) is 25.0 Å². The van der Waals surface area contributed by atoms with Crippen molar-refractivity contribution in [3.05, 3.63) is 82.1 Å². The van der Waals surface area contributed by atoms with E-state index in [0.717, 1.165) is 0 Å². The van der Waals surface area contributed by atoms with E-state index in [2.05, 4.69) is 20.3 Å².